The summed E-state index contributed by atoms with van der Waals surface area (Å²) >= 11 is 0. The Morgan fingerprint density at radius 3 is 1.47 bits per heavy atom. The first-order chi connectivity index (χ1) is 9.45. The van der Waals surface area contributed by atoms with Crippen LogP contribution in [0.25, 0.3) is 12.2 Å². The summed E-state index contributed by atoms with van der Waals surface area (Å²) in [7, 11) is 1.28. The lowest BCUT2D eigenvalue weighted by Crippen LogP contribution is -1.93. The van der Waals surface area contributed by atoms with E-state index in [0.717, 1.165) is 11.1 Å². The molecule has 0 aliphatic rings. The second-order valence-corrected chi connectivity index (χ2v) is 3.80. The fraction of sp³-hybridized carbons (Fsp3) is 0. The highest BCUT2D eigenvalue weighted by Gasteiger charge is 1.90. The van der Waals surface area contributed by atoms with E-state index in [1.807, 2.05) is 72.8 Å². The molecule has 2 rings (SSSR count). The van der Waals surface area contributed by atoms with Gasteiger partial charge >= 0.3 is 7.69 Å². The standard InChI is InChI=1S/C16H14BO2/c1-3-7-15(8-4-1)11-13-18-17-19-14-12-16-9-5-2-6-10-16/h1-14H. The quantitative estimate of drug-likeness (QED) is 0.439. The second-order valence-electron chi connectivity index (χ2n) is 3.80. The first kappa shape index (κ1) is 13.0. The SMILES string of the molecule is [B](OC=Cc1ccccc1)OC=Cc1ccccc1. The molecule has 0 saturated carbocycles. The highest BCUT2D eigenvalue weighted by molar-refractivity contribution is 6.18. The number of hydrogen-bond donors (Lipinski definition) is 0. The minimum Gasteiger partial charge on any atom is -0.532 e. The van der Waals surface area contributed by atoms with Crippen LogP contribution in [0.3, 0.4) is 0 Å². The van der Waals surface area contributed by atoms with E-state index in [1.54, 1.807) is 12.5 Å². The molecular weight excluding hydrogens is 235 g/mol. The van der Waals surface area contributed by atoms with Gasteiger partial charge in [-0.25, -0.2) is 0 Å². The Hall–Kier alpha value is -2.42. The van der Waals surface area contributed by atoms with Crippen molar-refractivity contribution < 1.29 is 9.31 Å². The van der Waals surface area contributed by atoms with Crippen molar-refractivity contribution in [1.29, 1.82) is 0 Å². The summed E-state index contributed by atoms with van der Waals surface area (Å²) in [6.45, 7) is 0. The Bertz CT molecular complexity index is 471. The molecule has 0 heterocycles. The maximum Gasteiger partial charge on any atom is 0.657 e. The molecule has 0 fully saturated rings. The summed E-state index contributed by atoms with van der Waals surface area (Å²) in [6.07, 6.45) is 6.87. The normalized spacial score (nSPS) is 10.7. The zero-order chi connectivity index (χ0) is 13.2. The van der Waals surface area contributed by atoms with Gasteiger partial charge in [0.25, 0.3) is 0 Å². The van der Waals surface area contributed by atoms with Crippen LogP contribution in [-0.2, 0) is 9.31 Å². The molecule has 2 nitrogen and oxygen atoms in total. The first-order valence-electron chi connectivity index (χ1n) is 6.01. The topological polar surface area (TPSA) is 18.5 Å². The van der Waals surface area contributed by atoms with Crippen LogP contribution in [0.4, 0.5) is 0 Å². The van der Waals surface area contributed by atoms with Crippen molar-refractivity contribution >= 4 is 19.8 Å². The molecule has 2 aromatic carbocycles. The molecule has 0 saturated heterocycles. The van der Waals surface area contributed by atoms with Crippen LogP contribution >= 0.6 is 0 Å². The van der Waals surface area contributed by atoms with Crippen LogP contribution in [0.2, 0.25) is 0 Å². The second kappa shape index (κ2) is 7.82. The van der Waals surface area contributed by atoms with E-state index in [1.165, 1.54) is 7.69 Å². The fourth-order valence-electron chi connectivity index (χ4n) is 1.46. The summed E-state index contributed by atoms with van der Waals surface area (Å²) < 4.78 is 10.2. The lowest BCUT2D eigenvalue weighted by molar-refractivity contribution is 0.380. The predicted molar refractivity (Wildman–Crippen MR) is 78.9 cm³/mol. The van der Waals surface area contributed by atoms with Gasteiger partial charge in [0.15, 0.2) is 0 Å². The molecular formula is C16H14BO2. The molecule has 0 amide bonds. The summed E-state index contributed by atoms with van der Waals surface area (Å²) in [5.74, 6) is 0. The Labute approximate surface area is 114 Å². The van der Waals surface area contributed by atoms with E-state index >= 15 is 0 Å². The van der Waals surface area contributed by atoms with Crippen LogP contribution in [0.5, 0.6) is 0 Å². The van der Waals surface area contributed by atoms with Crippen LogP contribution in [0.15, 0.2) is 73.2 Å². The minimum absolute atomic E-state index is 1.08. The lowest BCUT2D eigenvalue weighted by atomic mass is 10.2. The van der Waals surface area contributed by atoms with Gasteiger partial charge in [0.05, 0.1) is 12.5 Å². The van der Waals surface area contributed by atoms with Crippen molar-refractivity contribution in [3.63, 3.8) is 0 Å². The molecule has 93 valence electrons. The monoisotopic (exact) mass is 249 g/mol. The zero-order valence-corrected chi connectivity index (χ0v) is 10.5. The van der Waals surface area contributed by atoms with Crippen LogP contribution in [0, 0.1) is 0 Å². The maximum atomic E-state index is 5.10. The van der Waals surface area contributed by atoms with E-state index in [9.17, 15) is 0 Å². The molecule has 0 aromatic heterocycles. The average molecular weight is 249 g/mol. The van der Waals surface area contributed by atoms with Gasteiger partial charge in [-0.1, -0.05) is 60.7 Å². The molecule has 0 spiro atoms. The van der Waals surface area contributed by atoms with Crippen LogP contribution in [-0.4, -0.2) is 7.69 Å². The van der Waals surface area contributed by atoms with Gasteiger partial charge in [0.1, 0.15) is 0 Å². The average Bonchev–Trinajstić information content (AvgIpc) is 2.48. The molecule has 0 atom stereocenters. The Kier molecular flexibility index (Phi) is 5.36. The van der Waals surface area contributed by atoms with Crippen molar-refractivity contribution in [2.45, 2.75) is 0 Å². The molecule has 0 aliphatic carbocycles. The fourth-order valence-corrected chi connectivity index (χ4v) is 1.46. The van der Waals surface area contributed by atoms with Crippen molar-refractivity contribution in [1.82, 2.24) is 0 Å². The van der Waals surface area contributed by atoms with E-state index < -0.39 is 0 Å². The predicted octanol–water partition coefficient (Wildman–Crippen LogP) is 3.90. The molecule has 0 unspecified atom stereocenters. The number of rotatable bonds is 6. The van der Waals surface area contributed by atoms with E-state index in [2.05, 4.69) is 0 Å². The Morgan fingerprint density at radius 1 is 0.632 bits per heavy atom. The molecule has 0 bridgehead atoms. The van der Waals surface area contributed by atoms with Gasteiger partial charge in [-0.3, -0.25) is 0 Å². The molecule has 0 aliphatic heterocycles. The summed E-state index contributed by atoms with van der Waals surface area (Å²) in [5.41, 5.74) is 2.16. The highest BCUT2D eigenvalue weighted by Crippen LogP contribution is 2.02. The van der Waals surface area contributed by atoms with Gasteiger partial charge in [-0.05, 0) is 23.3 Å². The number of hydrogen-bond acceptors (Lipinski definition) is 2. The Balaban J connectivity index is 1.65. The van der Waals surface area contributed by atoms with Crippen molar-refractivity contribution in [2.24, 2.45) is 0 Å². The lowest BCUT2D eigenvalue weighted by Gasteiger charge is -1.97. The molecule has 19 heavy (non-hydrogen) atoms. The number of benzene rings is 2. The third kappa shape index (κ3) is 5.17. The minimum atomic E-state index is 1.08. The maximum absolute atomic E-state index is 5.10. The van der Waals surface area contributed by atoms with Crippen LogP contribution in [0.1, 0.15) is 11.1 Å². The van der Waals surface area contributed by atoms with Crippen molar-refractivity contribution in [3.05, 3.63) is 84.3 Å². The van der Waals surface area contributed by atoms with Crippen molar-refractivity contribution in [3.8, 4) is 0 Å². The van der Waals surface area contributed by atoms with Gasteiger partial charge in [0.2, 0.25) is 0 Å². The summed E-state index contributed by atoms with van der Waals surface area (Å²) in [5, 5.41) is 0. The van der Waals surface area contributed by atoms with E-state index in [0.29, 0.717) is 0 Å². The third-order valence-electron chi connectivity index (χ3n) is 2.39. The summed E-state index contributed by atoms with van der Waals surface area (Å²) in [6, 6.07) is 19.8. The van der Waals surface area contributed by atoms with Gasteiger partial charge in [0, 0.05) is 0 Å². The smallest absolute Gasteiger partial charge is 0.532 e. The highest BCUT2D eigenvalue weighted by atomic mass is 16.6. The largest absolute Gasteiger partial charge is 0.657 e. The summed E-state index contributed by atoms with van der Waals surface area (Å²) in [4.78, 5) is 0. The first-order valence-corrected chi connectivity index (χ1v) is 6.01. The Morgan fingerprint density at radius 2 is 1.05 bits per heavy atom. The van der Waals surface area contributed by atoms with Crippen molar-refractivity contribution in [2.75, 3.05) is 0 Å². The van der Waals surface area contributed by atoms with Gasteiger partial charge < -0.3 is 9.31 Å². The molecule has 3 heteroatoms. The van der Waals surface area contributed by atoms with E-state index in [-0.39, 0.29) is 0 Å². The molecule has 2 aromatic rings. The third-order valence-corrected chi connectivity index (χ3v) is 2.39. The zero-order valence-electron chi connectivity index (χ0n) is 10.5. The van der Waals surface area contributed by atoms with Gasteiger partial charge in [-0.2, -0.15) is 0 Å². The van der Waals surface area contributed by atoms with E-state index in [4.69, 9.17) is 9.31 Å². The molecule has 1 radical (unpaired) electrons. The van der Waals surface area contributed by atoms with Crippen LogP contribution < -0.4 is 0 Å². The molecule has 0 N–H and O–H groups in total. The van der Waals surface area contributed by atoms with Gasteiger partial charge in [-0.15, -0.1) is 0 Å².